The van der Waals surface area contributed by atoms with Crippen LogP contribution in [0.1, 0.15) is 32.6 Å². The molecule has 2 aliphatic heterocycles. The van der Waals surface area contributed by atoms with Gasteiger partial charge in [-0.15, -0.1) is 0 Å². The van der Waals surface area contributed by atoms with E-state index >= 15 is 0 Å². The zero-order valence-corrected chi connectivity index (χ0v) is 11.4. The van der Waals surface area contributed by atoms with E-state index in [-0.39, 0.29) is 5.91 Å². The van der Waals surface area contributed by atoms with Gasteiger partial charge >= 0.3 is 0 Å². The third-order valence-electron chi connectivity index (χ3n) is 4.04. The van der Waals surface area contributed by atoms with Gasteiger partial charge in [0, 0.05) is 32.3 Å². The van der Waals surface area contributed by atoms with E-state index in [2.05, 4.69) is 21.8 Å². The SMILES string of the molecule is CC1CCN(c2nccc(N3CCCC3=O)n2)CC1. The molecular weight excluding hydrogens is 240 g/mol. The quantitative estimate of drug-likeness (QED) is 0.814. The van der Waals surface area contributed by atoms with E-state index in [0.717, 1.165) is 43.7 Å². The average molecular weight is 260 g/mol. The van der Waals surface area contributed by atoms with Gasteiger partial charge in [-0.05, 0) is 31.2 Å². The summed E-state index contributed by atoms with van der Waals surface area (Å²) in [6, 6.07) is 1.83. The molecule has 3 heterocycles. The van der Waals surface area contributed by atoms with Gasteiger partial charge in [-0.2, -0.15) is 4.98 Å². The van der Waals surface area contributed by atoms with Crippen molar-refractivity contribution in [3.8, 4) is 0 Å². The molecule has 0 atom stereocenters. The Hall–Kier alpha value is -1.65. The maximum absolute atomic E-state index is 11.8. The molecule has 2 aliphatic rings. The molecule has 0 spiro atoms. The van der Waals surface area contributed by atoms with Gasteiger partial charge in [0.25, 0.3) is 0 Å². The van der Waals surface area contributed by atoms with Crippen LogP contribution in [0.3, 0.4) is 0 Å². The van der Waals surface area contributed by atoms with Crippen LogP contribution in [-0.4, -0.2) is 35.5 Å². The molecule has 5 heteroatoms. The Balaban J connectivity index is 1.78. The Morgan fingerprint density at radius 1 is 1.26 bits per heavy atom. The standard InChI is InChI=1S/C14H20N4O/c1-11-5-9-17(10-6-11)14-15-7-4-12(16-14)18-8-2-3-13(18)19/h4,7,11H,2-3,5-6,8-10H2,1H3. The van der Waals surface area contributed by atoms with Crippen LogP contribution in [-0.2, 0) is 4.79 Å². The van der Waals surface area contributed by atoms with Gasteiger partial charge in [-0.1, -0.05) is 6.92 Å². The number of anilines is 2. The summed E-state index contributed by atoms with van der Waals surface area (Å²) >= 11 is 0. The number of piperidine rings is 1. The number of aromatic nitrogens is 2. The molecular formula is C14H20N4O. The molecule has 2 saturated heterocycles. The predicted molar refractivity (Wildman–Crippen MR) is 74.2 cm³/mol. The molecule has 3 rings (SSSR count). The van der Waals surface area contributed by atoms with Crippen molar-refractivity contribution in [3.63, 3.8) is 0 Å². The van der Waals surface area contributed by atoms with Gasteiger partial charge in [0.05, 0.1) is 0 Å². The second kappa shape index (κ2) is 5.15. The van der Waals surface area contributed by atoms with Gasteiger partial charge in [-0.25, -0.2) is 4.98 Å². The first kappa shape index (κ1) is 12.4. The van der Waals surface area contributed by atoms with Crippen LogP contribution in [0.4, 0.5) is 11.8 Å². The summed E-state index contributed by atoms with van der Waals surface area (Å²) in [6.45, 7) is 5.10. The van der Waals surface area contributed by atoms with Crippen LogP contribution in [0.2, 0.25) is 0 Å². The van der Waals surface area contributed by atoms with E-state index < -0.39 is 0 Å². The van der Waals surface area contributed by atoms with Crippen LogP contribution in [0.5, 0.6) is 0 Å². The fourth-order valence-electron chi connectivity index (χ4n) is 2.74. The van der Waals surface area contributed by atoms with E-state index in [1.165, 1.54) is 12.8 Å². The number of nitrogens with zero attached hydrogens (tertiary/aromatic N) is 4. The topological polar surface area (TPSA) is 49.3 Å². The lowest BCUT2D eigenvalue weighted by Gasteiger charge is -2.30. The van der Waals surface area contributed by atoms with E-state index in [4.69, 9.17) is 0 Å². The fraction of sp³-hybridized carbons (Fsp3) is 0.643. The average Bonchev–Trinajstić information content (AvgIpc) is 2.86. The smallest absolute Gasteiger partial charge is 0.228 e. The molecule has 0 bridgehead atoms. The van der Waals surface area contributed by atoms with E-state index in [0.29, 0.717) is 6.42 Å². The third-order valence-corrected chi connectivity index (χ3v) is 4.04. The first-order chi connectivity index (χ1) is 9.24. The normalized spacial score (nSPS) is 21.2. The van der Waals surface area contributed by atoms with Crippen molar-refractivity contribution < 1.29 is 4.79 Å². The van der Waals surface area contributed by atoms with Gasteiger partial charge in [0.1, 0.15) is 5.82 Å². The Labute approximate surface area is 113 Å². The van der Waals surface area contributed by atoms with Crippen molar-refractivity contribution in [2.24, 2.45) is 5.92 Å². The minimum absolute atomic E-state index is 0.178. The maximum Gasteiger partial charge on any atom is 0.228 e. The Morgan fingerprint density at radius 3 is 2.74 bits per heavy atom. The summed E-state index contributed by atoms with van der Waals surface area (Å²) in [5.41, 5.74) is 0. The first-order valence-electron chi connectivity index (χ1n) is 7.12. The van der Waals surface area contributed by atoms with Crippen LogP contribution in [0.15, 0.2) is 12.3 Å². The zero-order chi connectivity index (χ0) is 13.2. The highest BCUT2D eigenvalue weighted by Crippen LogP contribution is 2.23. The van der Waals surface area contributed by atoms with Crippen molar-refractivity contribution >= 4 is 17.7 Å². The summed E-state index contributed by atoms with van der Waals surface area (Å²) in [5.74, 6) is 2.49. The fourth-order valence-corrected chi connectivity index (χ4v) is 2.74. The third kappa shape index (κ3) is 2.55. The molecule has 2 fully saturated rings. The largest absolute Gasteiger partial charge is 0.341 e. The molecule has 1 aromatic rings. The number of rotatable bonds is 2. The van der Waals surface area contributed by atoms with Crippen molar-refractivity contribution in [2.45, 2.75) is 32.6 Å². The van der Waals surface area contributed by atoms with E-state index in [1.807, 2.05) is 6.07 Å². The van der Waals surface area contributed by atoms with Gasteiger partial charge in [0.15, 0.2) is 0 Å². The molecule has 0 unspecified atom stereocenters. The van der Waals surface area contributed by atoms with Crippen molar-refractivity contribution in [1.29, 1.82) is 0 Å². The molecule has 1 amide bonds. The van der Waals surface area contributed by atoms with Gasteiger partial charge in [0.2, 0.25) is 11.9 Å². The Morgan fingerprint density at radius 2 is 2.05 bits per heavy atom. The van der Waals surface area contributed by atoms with Crippen LogP contribution in [0, 0.1) is 5.92 Å². The number of carbonyl (C=O) groups is 1. The summed E-state index contributed by atoms with van der Waals surface area (Å²) in [4.78, 5) is 24.7. The molecule has 0 radical (unpaired) electrons. The molecule has 0 saturated carbocycles. The lowest BCUT2D eigenvalue weighted by molar-refractivity contribution is -0.117. The van der Waals surface area contributed by atoms with Gasteiger partial charge in [-0.3, -0.25) is 9.69 Å². The summed E-state index contributed by atoms with van der Waals surface area (Å²) in [6.07, 6.45) is 5.72. The summed E-state index contributed by atoms with van der Waals surface area (Å²) in [7, 11) is 0. The number of amides is 1. The lowest BCUT2D eigenvalue weighted by Crippen LogP contribution is -2.34. The highest BCUT2D eigenvalue weighted by Gasteiger charge is 2.24. The van der Waals surface area contributed by atoms with Gasteiger partial charge < -0.3 is 4.90 Å². The Kier molecular flexibility index (Phi) is 3.36. The molecule has 0 aliphatic carbocycles. The number of hydrogen-bond donors (Lipinski definition) is 0. The van der Waals surface area contributed by atoms with E-state index in [9.17, 15) is 4.79 Å². The lowest BCUT2D eigenvalue weighted by atomic mass is 10.00. The molecule has 0 N–H and O–H groups in total. The molecule has 1 aromatic heterocycles. The highest BCUT2D eigenvalue weighted by atomic mass is 16.2. The minimum atomic E-state index is 0.178. The molecule has 19 heavy (non-hydrogen) atoms. The number of hydrogen-bond acceptors (Lipinski definition) is 4. The van der Waals surface area contributed by atoms with Crippen LogP contribution in [0.25, 0.3) is 0 Å². The number of carbonyl (C=O) groups excluding carboxylic acids is 1. The molecule has 102 valence electrons. The van der Waals surface area contributed by atoms with Crippen LogP contribution < -0.4 is 9.80 Å². The first-order valence-corrected chi connectivity index (χ1v) is 7.12. The summed E-state index contributed by atoms with van der Waals surface area (Å²) < 4.78 is 0. The Bertz CT molecular complexity index is 468. The molecule has 5 nitrogen and oxygen atoms in total. The summed E-state index contributed by atoms with van der Waals surface area (Å²) in [5, 5.41) is 0. The monoisotopic (exact) mass is 260 g/mol. The molecule has 0 aromatic carbocycles. The van der Waals surface area contributed by atoms with Crippen molar-refractivity contribution in [3.05, 3.63) is 12.3 Å². The second-order valence-electron chi connectivity index (χ2n) is 5.53. The van der Waals surface area contributed by atoms with Crippen LogP contribution >= 0.6 is 0 Å². The highest BCUT2D eigenvalue weighted by molar-refractivity contribution is 5.94. The van der Waals surface area contributed by atoms with E-state index in [1.54, 1.807) is 11.1 Å². The van der Waals surface area contributed by atoms with Crippen molar-refractivity contribution in [1.82, 2.24) is 9.97 Å². The van der Waals surface area contributed by atoms with Crippen molar-refractivity contribution in [2.75, 3.05) is 29.4 Å². The minimum Gasteiger partial charge on any atom is -0.341 e. The maximum atomic E-state index is 11.8. The predicted octanol–water partition coefficient (Wildman–Crippen LogP) is 1.84. The second-order valence-corrected chi connectivity index (χ2v) is 5.53. The zero-order valence-electron chi connectivity index (χ0n) is 11.4.